The Hall–Kier alpha value is -5.22. The predicted octanol–water partition coefficient (Wildman–Crippen LogP) is 3.71. The summed E-state index contributed by atoms with van der Waals surface area (Å²) in [5.41, 5.74) is 9.24. The Morgan fingerprint density at radius 1 is 0.920 bits per heavy atom. The summed E-state index contributed by atoms with van der Waals surface area (Å²) < 4.78 is 0. The maximum Gasteiger partial charge on any atom is 0.239 e. The molecule has 4 aromatic carbocycles. The van der Waals surface area contributed by atoms with Gasteiger partial charge < -0.3 is 31.9 Å². The molecule has 0 radical (unpaired) electrons. The topological polar surface area (TPSA) is 141 Å². The van der Waals surface area contributed by atoms with E-state index in [0.29, 0.717) is 51.3 Å². The summed E-state index contributed by atoms with van der Waals surface area (Å²) in [7, 11) is 1.63. The van der Waals surface area contributed by atoms with Crippen LogP contribution in [0.25, 0.3) is 10.8 Å². The summed E-state index contributed by atoms with van der Waals surface area (Å²) in [5.74, 6) is -0.157. The normalized spacial score (nSPS) is 17.3. The fraction of sp³-hybridized carbons (Fsp3) is 0.350. The molecule has 10 nitrogen and oxygen atoms in total. The zero-order chi connectivity index (χ0) is 35.3. The molecule has 1 aliphatic heterocycles. The maximum atomic E-state index is 14.5. The molecule has 6 N–H and O–H groups in total. The summed E-state index contributed by atoms with van der Waals surface area (Å²) in [5, 5.41) is 14.9. The van der Waals surface area contributed by atoms with Gasteiger partial charge in [-0.3, -0.25) is 19.4 Å². The Bertz CT molecular complexity index is 1710. The number of hydrogen-bond acceptors (Lipinski definition) is 5. The molecule has 50 heavy (non-hydrogen) atoms. The highest BCUT2D eigenvalue weighted by Crippen LogP contribution is 2.28. The monoisotopic (exact) mass is 675 g/mol. The number of benzene rings is 4. The SMILES string of the molecule is CN=C(N)NCCCC1NC(C(Cc2ccc3ccccc3c2)NC(=O)CNC(C)=O)CCN(CC(c2ccccc2)c2ccccc2)C1=O. The van der Waals surface area contributed by atoms with Gasteiger partial charge in [0.1, 0.15) is 0 Å². The molecule has 1 saturated heterocycles. The molecule has 5 rings (SSSR count). The third-order valence-corrected chi connectivity index (χ3v) is 9.36. The number of nitrogens with zero attached hydrogens (tertiary/aromatic N) is 2. The summed E-state index contributed by atoms with van der Waals surface area (Å²) in [6.07, 6.45) is 2.44. The van der Waals surface area contributed by atoms with Crippen molar-refractivity contribution in [1.82, 2.24) is 26.2 Å². The number of fused-ring (bicyclic) bond motifs is 1. The fourth-order valence-electron chi connectivity index (χ4n) is 6.72. The molecule has 4 aromatic rings. The Morgan fingerprint density at radius 2 is 1.58 bits per heavy atom. The van der Waals surface area contributed by atoms with Gasteiger partial charge in [0.2, 0.25) is 17.7 Å². The number of nitrogens with one attached hydrogen (secondary N) is 4. The lowest BCUT2D eigenvalue weighted by atomic mass is 9.90. The number of carbonyl (C=O) groups is 3. The van der Waals surface area contributed by atoms with Gasteiger partial charge in [0, 0.05) is 51.6 Å². The third kappa shape index (κ3) is 10.1. The zero-order valence-corrected chi connectivity index (χ0v) is 29.0. The van der Waals surface area contributed by atoms with Crippen LogP contribution in [-0.2, 0) is 20.8 Å². The van der Waals surface area contributed by atoms with Crippen molar-refractivity contribution >= 4 is 34.5 Å². The van der Waals surface area contributed by atoms with Crippen LogP contribution in [0.1, 0.15) is 48.8 Å². The fourth-order valence-corrected chi connectivity index (χ4v) is 6.72. The molecule has 0 saturated carbocycles. The second kappa shape index (κ2) is 18.0. The highest BCUT2D eigenvalue weighted by molar-refractivity contribution is 5.85. The number of aliphatic imine (C=N–C) groups is 1. The lowest BCUT2D eigenvalue weighted by Gasteiger charge is -2.30. The largest absolute Gasteiger partial charge is 0.370 e. The Kier molecular flexibility index (Phi) is 13.0. The van der Waals surface area contributed by atoms with E-state index < -0.39 is 6.04 Å². The minimum atomic E-state index is -0.484. The van der Waals surface area contributed by atoms with Crippen LogP contribution < -0.4 is 27.0 Å². The van der Waals surface area contributed by atoms with E-state index in [1.807, 2.05) is 53.4 Å². The Balaban J connectivity index is 1.43. The molecule has 0 aliphatic carbocycles. The summed E-state index contributed by atoms with van der Waals surface area (Å²) in [6, 6.07) is 34.1. The lowest BCUT2D eigenvalue weighted by Crippen LogP contribution is -2.56. The molecule has 1 aliphatic rings. The molecule has 0 bridgehead atoms. The predicted molar refractivity (Wildman–Crippen MR) is 200 cm³/mol. The Labute approximate surface area is 294 Å². The number of carbonyl (C=O) groups excluding carboxylic acids is 3. The number of guanidine groups is 1. The van der Waals surface area contributed by atoms with E-state index in [2.05, 4.69) is 80.9 Å². The number of rotatable bonds is 14. The van der Waals surface area contributed by atoms with Crippen LogP contribution in [0.2, 0.25) is 0 Å². The molecular formula is C40H49N7O3. The highest BCUT2D eigenvalue weighted by Gasteiger charge is 2.36. The van der Waals surface area contributed by atoms with E-state index in [9.17, 15) is 14.4 Å². The van der Waals surface area contributed by atoms with Crippen molar-refractivity contribution in [1.29, 1.82) is 0 Å². The van der Waals surface area contributed by atoms with Gasteiger partial charge in [-0.15, -0.1) is 0 Å². The summed E-state index contributed by atoms with van der Waals surface area (Å²) >= 11 is 0. The van der Waals surface area contributed by atoms with Gasteiger partial charge in [-0.05, 0) is 53.1 Å². The van der Waals surface area contributed by atoms with E-state index in [4.69, 9.17) is 5.73 Å². The standard InChI is InChI=1S/C40H49N7O3/c1-28(48)44-26-38(49)46-37(25-29-19-20-30-12-9-10-17-33(30)24-29)35-21-23-47(39(50)36(45-35)18-11-22-43-40(41)42-2)27-34(31-13-5-3-6-14-31)32-15-7-4-8-16-32/h3-10,12-17,19-20,24,34-37,45H,11,18,21-23,25-27H2,1-2H3,(H,44,48)(H,46,49)(H3,41,42,43). The minimum absolute atomic E-state index is 0.00784. The minimum Gasteiger partial charge on any atom is -0.370 e. The summed E-state index contributed by atoms with van der Waals surface area (Å²) in [6.45, 7) is 2.89. The van der Waals surface area contributed by atoms with Gasteiger partial charge in [-0.2, -0.15) is 0 Å². The van der Waals surface area contributed by atoms with Gasteiger partial charge in [-0.25, -0.2) is 0 Å². The molecule has 1 heterocycles. The Morgan fingerprint density at radius 3 is 2.24 bits per heavy atom. The van der Waals surface area contributed by atoms with E-state index in [0.717, 1.165) is 27.5 Å². The van der Waals surface area contributed by atoms with Crippen LogP contribution >= 0.6 is 0 Å². The van der Waals surface area contributed by atoms with Crippen molar-refractivity contribution in [3.8, 4) is 0 Å². The van der Waals surface area contributed by atoms with E-state index in [-0.39, 0.29) is 42.3 Å². The van der Waals surface area contributed by atoms with Crippen LogP contribution in [0.3, 0.4) is 0 Å². The lowest BCUT2D eigenvalue weighted by molar-refractivity contribution is -0.133. The van der Waals surface area contributed by atoms with Crippen molar-refractivity contribution in [3.05, 3.63) is 120 Å². The molecule has 0 aromatic heterocycles. The van der Waals surface area contributed by atoms with Crippen LogP contribution in [0.4, 0.5) is 0 Å². The van der Waals surface area contributed by atoms with Gasteiger partial charge in [0.15, 0.2) is 5.96 Å². The van der Waals surface area contributed by atoms with Gasteiger partial charge in [-0.1, -0.05) is 103 Å². The molecule has 10 heteroatoms. The second-order valence-corrected chi connectivity index (χ2v) is 12.9. The quantitative estimate of drug-likeness (QED) is 0.0785. The van der Waals surface area contributed by atoms with Crippen molar-refractivity contribution < 1.29 is 14.4 Å². The zero-order valence-electron chi connectivity index (χ0n) is 29.0. The molecule has 262 valence electrons. The van der Waals surface area contributed by atoms with Crippen LogP contribution in [0, 0.1) is 0 Å². The van der Waals surface area contributed by atoms with E-state index in [1.165, 1.54) is 6.92 Å². The second-order valence-electron chi connectivity index (χ2n) is 12.9. The van der Waals surface area contributed by atoms with E-state index >= 15 is 0 Å². The molecule has 0 spiro atoms. The van der Waals surface area contributed by atoms with Crippen LogP contribution in [0.15, 0.2) is 108 Å². The average molecular weight is 676 g/mol. The van der Waals surface area contributed by atoms with E-state index in [1.54, 1.807) is 7.05 Å². The first kappa shape index (κ1) is 36.1. The molecule has 3 atom stereocenters. The number of amides is 3. The molecule has 3 unspecified atom stereocenters. The highest BCUT2D eigenvalue weighted by atomic mass is 16.2. The molecular weight excluding hydrogens is 626 g/mol. The summed E-state index contributed by atoms with van der Waals surface area (Å²) in [4.78, 5) is 45.3. The molecule has 1 fully saturated rings. The third-order valence-electron chi connectivity index (χ3n) is 9.36. The van der Waals surface area contributed by atoms with Crippen molar-refractivity contribution in [2.24, 2.45) is 10.7 Å². The first-order valence-electron chi connectivity index (χ1n) is 17.4. The van der Waals surface area contributed by atoms with Crippen molar-refractivity contribution in [2.45, 2.75) is 56.7 Å². The number of nitrogens with two attached hydrogens (primary N) is 1. The maximum absolute atomic E-state index is 14.5. The van der Waals surface area contributed by atoms with Crippen molar-refractivity contribution in [2.75, 3.05) is 33.2 Å². The van der Waals surface area contributed by atoms with Gasteiger partial charge in [0.25, 0.3) is 0 Å². The first-order valence-corrected chi connectivity index (χ1v) is 17.4. The van der Waals surface area contributed by atoms with Crippen LogP contribution in [-0.4, -0.2) is 79.9 Å². The number of hydrogen-bond donors (Lipinski definition) is 5. The smallest absolute Gasteiger partial charge is 0.239 e. The molecule has 3 amide bonds. The first-order chi connectivity index (χ1) is 24.3. The average Bonchev–Trinajstić information content (AvgIpc) is 3.29. The van der Waals surface area contributed by atoms with Gasteiger partial charge >= 0.3 is 0 Å². The van der Waals surface area contributed by atoms with Crippen LogP contribution in [0.5, 0.6) is 0 Å². The van der Waals surface area contributed by atoms with Crippen molar-refractivity contribution in [3.63, 3.8) is 0 Å². The van der Waals surface area contributed by atoms with Gasteiger partial charge in [0.05, 0.1) is 12.6 Å².